The zero-order chi connectivity index (χ0) is 16.7. The Morgan fingerprint density at radius 2 is 2.12 bits per heavy atom. The van der Waals surface area contributed by atoms with Gasteiger partial charge in [0, 0.05) is 0 Å². The van der Waals surface area contributed by atoms with Crippen molar-refractivity contribution in [3.05, 3.63) is 52.8 Å². The number of fused-ring (bicyclic) bond motifs is 2. The van der Waals surface area contributed by atoms with Gasteiger partial charge in [-0.05, 0) is 19.1 Å². The Labute approximate surface area is 134 Å². The van der Waals surface area contributed by atoms with Crippen molar-refractivity contribution in [3.8, 4) is 0 Å². The van der Waals surface area contributed by atoms with Crippen LogP contribution in [0.4, 0.5) is 10.2 Å². The summed E-state index contributed by atoms with van der Waals surface area (Å²) in [6.07, 6.45) is 2.91. The van der Waals surface area contributed by atoms with Crippen molar-refractivity contribution in [1.29, 1.82) is 0 Å². The molecule has 1 atom stereocenters. The number of hydrogen-bond donors (Lipinski definition) is 3. The van der Waals surface area contributed by atoms with Crippen LogP contribution in [0.5, 0.6) is 0 Å². The van der Waals surface area contributed by atoms with Gasteiger partial charge in [0.1, 0.15) is 28.9 Å². The fourth-order valence-electron chi connectivity index (χ4n) is 2.52. The predicted octanol–water partition coefficient (Wildman–Crippen LogP) is 1.90. The maximum atomic E-state index is 13.8. The lowest BCUT2D eigenvalue weighted by Gasteiger charge is -2.14. The summed E-state index contributed by atoms with van der Waals surface area (Å²) < 4.78 is 13.8. The molecule has 0 fully saturated rings. The lowest BCUT2D eigenvalue weighted by atomic mass is 10.2. The number of benzene rings is 1. The van der Waals surface area contributed by atoms with Gasteiger partial charge >= 0.3 is 0 Å². The quantitative estimate of drug-likeness (QED) is 0.530. The first-order valence-corrected chi connectivity index (χ1v) is 7.22. The number of halogens is 1. The summed E-state index contributed by atoms with van der Waals surface area (Å²) in [7, 11) is 0. The summed E-state index contributed by atoms with van der Waals surface area (Å²) in [4.78, 5) is 34.3. The third-order valence-corrected chi connectivity index (χ3v) is 3.69. The zero-order valence-electron chi connectivity index (χ0n) is 12.5. The molecule has 0 saturated heterocycles. The number of imidazole rings is 1. The van der Waals surface area contributed by atoms with Gasteiger partial charge in [-0.1, -0.05) is 6.07 Å². The maximum Gasteiger partial charge on any atom is 0.261 e. The van der Waals surface area contributed by atoms with Crippen molar-refractivity contribution in [2.75, 3.05) is 5.32 Å². The fourth-order valence-corrected chi connectivity index (χ4v) is 2.52. The first-order chi connectivity index (χ1) is 11.6. The van der Waals surface area contributed by atoms with Crippen LogP contribution < -0.4 is 10.9 Å². The van der Waals surface area contributed by atoms with E-state index in [1.54, 1.807) is 6.07 Å². The molecule has 1 aromatic carbocycles. The molecule has 0 bridgehead atoms. The van der Waals surface area contributed by atoms with E-state index in [-0.39, 0.29) is 11.4 Å². The lowest BCUT2D eigenvalue weighted by Crippen LogP contribution is -2.19. The number of hydrogen-bond acceptors (Lipinski definition) is 6. The van der Waals surface area contributed by atoms with Gasteiger partial charge in [0.05, 0.1) is 17.9 Å². The number of rotatable bonds is 3. The molecule has 0 amide bonds. The number of aromatic amines is 2. The van der Waals surface area contributed by atoms with E-state index in [0.29, 0.717) is 28.3 Å². The highest BCUT2D eigenvalue weighted by Crippen LogP contribution is 2.20. The SMILES string of the molecule is C[C@H](Nc1ncnc2nc[nH]c12)c1nc2cccc(F)c2c(=O)[nH]1. The summed E-state index contributed by atoms with van der Waals surface area (Å²) >= 11 is 0. The molecule has 8 nitrogen and oxygen atoms in total. The van der Waals surface area contributed by atoms with Crippen LogP contribution in [-0.2, 0) is 0 Å². The molecular formula is C15H12FN7O. The number of nitrogens with one attached hydrogen (secondary N) is 3. The van der Waals surface area contributed by atoms with Crippen LogP contribution in [0.1, 0.15) is 18.8 Å². The summed E-state index contributed by atoms with van der Waals surface area (Å²) in [5.74, 6) is 0.319. The van der Waals surface area contributed by atoms with Crippen LogP contribution in [0.2, 0.25) is 0 Å². The van der Waals surface area contributed by atoms with E-state index in [0.717, 1.165) is 0 Å². The molecule has 0 spiro atoms. The van der Waals surface area contributed by atoms with Gasteiger partial charge in [-0.3, -0.25) is 4.79 Å². The molecule has 0 radical (unpaired) electrons. The molecule has 3 heterocycles. The van der Waals surface area contributed by atoms with E-state index < -0.39 is 11.4 Å². The van der Waals surface area contributed by atoms with Gasteiger partial charge in [0.25, 0.3) is 5.56 Å². The highest BCUT2D eigenvalue weighted by atomic mass is 19.1. The van der Waals surface area contributed by atoms with Crippen LogP contribution in [0.3, 0.4) is 0 Å². The highest BCUT2D eigenvalue weighted by Gasteiger charge is 2.15. The fraction of sp³-hybridized carbons (Fsp3) is 0.133. The average molecular weight is 325 g/mol. The van der Waals surface area contributed by atoms with E-state index in [4.69, 9.17) is 0 Å². The molecule has 9 heteroatoms. The molecule has 0 saturated carbocycles. The van der Waals surface area contributed by atoms with Crippen molar-refractivity contribution in [2.24, 2.45) is 0 Å². The van der Waals surface area contributed by atoms with E-state index in [9.17, 15) is 9.18 Å². The Kier molecular flexibility index (Phi) is 3.19. The normalized spacial score (nSPS) is 12.6. The molecule has 4 rings (SSSR count). The van der Waals surface area contributed by atoms with Gasteiger partial charge in [0.2, 0.25) is 0 Å². The predicted molar refractivity (Wildman–Crippen MR) is 86.0 cm³/mol. The minimum atomic E-state index is -0.594. The molecular weight excluding hydrogens is 313 g/mol. The highest BCUT2D eigenvalue weighted by molar-refractivity contribution is 5.82. The first kappa shape index (κ1) is 14.2. The van der Waals surface area contributed by atoms with Crippen LogP contribution in [0.15, 0.2) is 35.6 Å². The third-order valence-electron chi connectivity index (χ3n) is 3.69. The van der Waals surface area contributed by atoms with Crippen molar-refractivity contribution >= 4 is 27.9 Å². The van der Waals surface area contributed by atoms with E-state index in [1.807, 2.05) is 6.92 Å². The van der Waals surface area contributed by atoms with Crippen molar-refractivity contribution in [2.45, 2.75) is 13.0 Å². The monoisotopic (exact) mass is 325 g/mol. The molecule has 0 aliphatic heterocycles. The molecule has 120 valence electrons. The third kappa shape index (κ3) is 2.26. The van der Waals surface area contributed by atoms with E-state index in [2.05, 4.69) is 35.2 Å². The molecule has 3 N–H and O–H groups in total. The van der Waals surface area contributed by atoms with Crippen LogP contribution in [0, 0.1) is 5.82 Å². The van der Waals surface area contributed by atoms with E-state index >= 15 is 0 Å². The average Bonchev–Trinajstić information content (AvgIpc) is 3.04. The van der Waals surface area contributed by atoms with Crippen molar-refractivity contribution in [3.63, 3.8) is 0 Å². The second-order valence-electron chi connectivity index (χ2n) is 5.27. The number of aromatic nitrogens is 6. The molecule has 0 unspecified atom stereocenters. The van der Waals surface area contributed by atoms with Gasteiger partial charge in [-0.25, -0.2) is 24.3 Å². The Morgan fingerprint density at radius 3 is 3.00 bits per heavy atom. The number of anilines is 1. The summed E-state index contributed by atoms with van der Waals surface area (Å²) in [6.45, 7) is 1.81. The van der Waals surface area contributed by atoms with Gasteiger partial charge in [0.15, 0.2) is 11.5 Å². The van der Waals surface area contributed by atoms with Crippen LogP contribution in [0.25, 0.3) is 22.1 Å². The first-order valence-electron chi connectivity index (χ1n) is 7.22. The molecule has 24 heavy (non-hydrogen) atoms. The summed E-state index contributed by atoms with van der Waals surface area (Å²) in [5.41, 5.74) is 0.966. The standard InChI is InChI=1S/C15H12FN7O/c1-7(21-14-11-13(18-5-17-11)19-6-20-14)12-22-9-4-2-3-8(16)10(9)15(24)23-12/h2-7H,1H3,(H,22,23,24)(H2,17,18,19,20,21)/t7-/m0/s1. The lowest BCUT2D eigenvalue weighted by molar-refractivity contribution is 0.637. The topological polar surface area (TPSA) is 112 Å². The second-order valence-corrected chi connectivity index (χ2v) is 5.27. The number of nitrogens with zero attached hydrogens (tertiary/aromatic N) is 4. The maximum absolute atomic E-state index is 13.8. The smallest absolute Gasteiger partial charge is 0.261 e. The minimum absolute atomic E-state index is 0.0496. The summed E-state index contributed by atoms with van der Waals surface area (Å²) in [6, 6.07) is 3.98. The molecule has 0 aliphatic carbocycles. The Hall–Kier alpha value is -3.36. The molecule has 3 aromatic heterocycles. The van der Waals surface area contributed by atoms with Gasteiger partial charge in [-0.15, -0.1) is 0 Å². The molecule has 4 aromatic rings. The summed E-state index contributed by atoms with van der Waals surface area (Å²) in [5, 5.41) is 3.10. The largest absolute Gasteiger partial charge is 0.359 e. The van der Waals surface area contributed by atoms with Crippen molar-refractivity contribution in [1.82, 2.24) is 29.9 Å². The van der Waals surface area contributed by atoms with Gasteiger partial charge < -0.3 is 15.3 Å². The Morgan fingerprint density at radius 1 is 1.25 bits per heavy atom. The van der Waals surface area contributed by atoms with E-state index in [1.165, 1.54) is 24.8 Å². The van der Waals surface area contributed by atoms with Gasteiger partial charge in [-0.2, -0.15) is 0 Å². The minimum Gasteiger partial charge on any atom is -0.359 e. The van der Waals surface area contributed by atoms with Crippen LogP contribution in [-0.4, -0.2) is 29.9 Å². The molecule has 0 aliphatic rings. The zero-order valence-corrected chi connectivity index (χ0v) is 12.5. The van der Waals surface area contributed by atoms with Crippen molar-refractivity contribution < 1.29 is 4.39 Å². The second kappa shape index (κ2) is 5.37. The van der Waals surface area contributed by atoms with Crippen LogP contribution >= 0.6 is 0 Å². The Bertz CT molecular complexity index is 1100. The number of H-pyrrole nitrogens is 2. The Balaban J connectivity index is 1.75.